The summed E-state index contributed by atoms with van der Waals surface area (Å²) < 4.78 is 20.6. The van der Waals surface area contributed by atoms with E-state index in [1.165, 1.54) is 40.0 Å². The van der Waals surface area contributed by atoms with Gasteiger partial charge in [-0.05, 0) is 54.6 Å². The zero-order valence-corrected chi connectivity index (χ0v) is 19.0. The Balaban J connectivity index is 1.35. The lowest BCUT2D eigenvalue weighted by Crippen LogP contribution is -2.12. The predicted molar refractivity (Wildman–Crippen MR) is 123 cm³/mol. The van der Waals surface area contributed by atoms with Crippen molar-refractivity contribution in [2.45, 2.75) is 27.0 Å². The number of aromatic nitrogens is 3. The fraction of sp³-hybridized carbons (Fsp3) is 0.174. The Kier molecular flexibility index (Phi) is 6.53. The molecule has 0 radical (unpaired) electrons. The summed E-state index contributed by atoms with van der Waals surface area (Å²) in [6.07, 6.45) is 1.48. The maximum absolute atomic E-state index is 13.2. The third-order valence-electron chi connectivity index (χ3n) is 4.71. The van der Waals surface area contributed by atoms with E-state index in [0.717, 1.165) is 16.9 Å². The number of halogens is 2. The fourth-order valence-corrected chi connectivity index (χ4v) is 4.13. The lowest BCUT2D eigenvalue weighted by atomic mass is 10.1. The first kappa shape index (κ1) is 22.0. The van der Waals surface area contributed by atoms with Crippen molar-refractivity contribution in [3.63, 3.8) is 0 Å². The first-order chi connectivity index (χ1) is 15.4. The number of rotatable bonds is 7. The average molecular weight is 471 g/mol. The van der Waals surface area contributed by atoms with Crippen LogP contribution in [-0.4, -0.2) is 20.7 Å². The molecule has 2 aromatic carbocycles. The van der Waals surface area contributed by atoms with Gasteiger partial charge >= 0.3 is 0 Å². The molecular formula is C23H20ClFN4O2S. The summed E-state index contributed by atoms with van der Waals surface area (Å²) >= 11 is 7.38. The number of nitrogens with zero attached hydrogens (tertiary/aromatic N) is 3. The molecule has 2 heterocycles. The molecule has 4 rings (SSSR count). The Labute approximate surface area is 193 Å². The van der Waals surface area contributed by atoms with E-state index in [4.69, 9.17) is 16.3 Å². The largest absolute Gasteiger partial charge is 0.489 e. The first-order valence-corrected chi connectivity index (χ1v) is 11.1. The lowest BCUT2D eigenvalue weighted by Gasteiger charge is -2.08. The Morgan fingerprint density at radius 2 is 2.06 bits per heavy atom. The molecule has 0 unspecified atom stereocenters. The number of carbonyl (C=O) groups excluding carboxylic acids is 1. The minimum absolute atomic E-state index is 0.176. The number of carbonyl (C=O) groups is 1. The van der Waals surface area contributed by atoms with Gasteiger partial charge in [0.15, 0.2) is 0 Å². The minimum Gasteiger partial charge on any atom is -0.489 e. The molecular weight excluding hydrogens is 451 g/mol. The number of nitrogens with one attached hydrogen (secondary N) is 1. The molecule has 0 bridgehead atoms. The predicted octanol–water partition coefficient (Wildman–Crippen LogP) is 5.63. The molecule has 0 atom stereocenters. The van der Waals surface area contributed by atoms with Gasteiger partial charge in [-0.2, -0.15) is 0 Å². The van der Waals surface area contributed by atoms with Crippen molar-refractivity contribution in [1.82, 2.24) is 14.8 Å². The number of thiophene rings is 1. The summed E-state index contributed by atoms with van der Waals surface area (Å²) in [6.45, 7) is 4.72. The number of ether oxygens (including phenoxy) is 1. The molecule has 0 spiro atoms. The summed E-state index contributed by atoms with van der Waals surface area (Å²) in [7, 11) is 0. The quantitative estimate of drug-likeness (QED) is 0.380. The van der Waals surface area contributed by atoms with Crippen molar-refractivity contribution < 1.29 is 13.9 Å². The van der Waals surface area contributed by atoms with E-state index in [1.54, 1.807) is 12.1 Å². The van der Waals surface area contributed by atoms with Gasteiger partial charge in [0.05, 0.1) is 11.4 Å². The summed E-state index contributed by atoms with van der Waals surface area (Å²) in [5, 5.41) is 9.12. The van der Waals surface area contributed by atoms with Crippen molar-refractivity contribution >= 4 is 34.8 Å². The first-order valence-electron chi connectivity index (χ1n) is 9.79. The molecule has 32 heavy (non-hydrogen) atoms. The third kappa shape index (κ3) is 5.33. The van der Waals surface area contributed by atoms with Crippen LogP contribution in [-0.2, 0) is 13.2 Å². The van der Waals surface area contributed by atoms with E-state index in [-0.39, 0.29) is 11.9 Å². The normalized spacial score (nSPS) is 10.9. The zero-order valence-electron chi connectivity index (χ0n) is 17.4. The number of amides is 1. The van der Waals surface area contributed by atoms with Crippen LogP contribution in [0.3, 0.4) is 0 Å². The molecule has 0 fully saturated rings. The molecule has 9 heteroatoms. The van der Waals surface area contributed by atoms with Gasteiger partial charge in [-0.15, -0.1) is 16.4 Å². The maximum Gasteiger partial charge on any atom is 0.268 e. The second kappa shape index (κ2) is 9.50. The fourth-order valence-electron chi connectivity index (χ4n) is 3.11. The van der Waals surface area contributed by atoms with Crippen molar-refractivity contribution in [3.8, 4) is 5.75 Å². The van der Waals surface area contributed by atoms with Crippen LogP contribution in [0.4, 0.5) is 10.3 Å². The standard InChI is InChI=1S/C23H20ClFN4O2S/c1-14-3-6-20(15(2)7-14)31-11-16-8-21(32-12-16)22(30)27-23-26-13-29(28-23)10-17-4-5-18(25)9-19(17)24/h3-9,12-13H,10-11H2,1-2H3,(H,27,28,30). The van der Waals surface area contributed by atoms with Crippen LogP contribution in [0, 0.1) is 19.7 Å². The number of aryl methyl sites for hydroxylation is 2. The van der Waals surface area contributed by atoms with Gasteiger partial charge < -0.3 is 4.74 Å². The Morgan fingerprint density at radius 3 is 2.84 bits per heavy atom. The van der Waals surface area contributed by atoms with E-state index in [1.807, 2.05) is 31.4 Å². The summed E-state index contributed by atoms with van der Waals surface area (Å²) in [6, 6.07) is 12.0. The Morgan fingerprint density at radius 1 is 1.22 bits per heavy atom. The molecule has 0 aliphatic rings. The smallest absolute Gasteiger partial charge is 0.268 e. The van der Waals surface area contributed by atoms with Gasteiger partial charge in [0, 0.05) is 10.6 Å². The molecule has 1 amide bonds. The molecule has 4 aromatic rings. The van der Waals surface area contributed by atoms with E-state index >= 15 is 0 Å². The highest BCUT2D eigenvalue weighted by molar-refractivity contribution is 7.12. The number of anilines is 1. The summed E-state index contributed by atoms with van der Waals surface area (Å²) in [5.74, 6) is 0.295. The monoisotopic (exact) mass is 470 g/mol. The van der Waals surface area contributed by atoms with Crippen molar-refractivity contribution in [2.24, 2.45) is 0 Å². The molecule has 0 saturated heterocycles. The zero-order chi connectivity index (χ0) is 22.7. The van der Waals surface area contributed by atoms with Crippen molar-refractivity contribution in [1.29, 1.82) is 0 Å². The highest BCUT2D eigenvalue weighted by atomic mass is 35.5. The highest BCUT2D eigenvalue weighted by Gasteiger charge is 2.13. The topological polar surface area (TPSA) is 69.0 Å². The van der Waals surface area contributed by atoms with Gasteiger partial charge in [0.25, 0.3) is 5.91 Å². The second-order valence-electron chi connectivity index (χ2n) is 7.33. The second-order valence-corrected chi connectivity index (χ2v) is 8.65. The molecule has 2 aromatic heterocycles. The Bertz CT molecular complexity index is 1270. The van der Waals surface area contributed by atoms with Gasteiger partial charge in [-0.3, -0.25) is 10.1 Å². The van der Waals surface area contributed by atoms with Gasteiger partial charge in [-0.1, -0.05) is 35.4 Å². The average Bonchev–Trinajstić information content (AvgIpc) is 3.39. The van der Waals surface area contributed by atoms with E-state index in [0.29, 0.717) is 28.6 Å². The molecule has 6 nitrogen and oxygen atoms in total. The number of benzene rings is 2. The third-order valence-corrected chi connectivity index (χ3v) is 6.04. The van der Waals surface area contributed by atoms with Gasteiger partial charge in [0.1, 0.15) is 24.5 Å². The van der Waals surface area contributed by atoms with Crippen LogP contribution >= 0.6 is 22.9 Å². The van der Waals surface area contributed by atoms with Crippen molar-refractivity contribution in [3.05, 3.63) is 92.1 Å². The van der Waals surface area contributed by atoms with Crippen molar-refractivity contribution in [2.75, 3.05) is 5.32 Å². The van der Waals surface area contributed by atoms with Crippen LogP contribution in [0.15, 0.2) is 54.2 Å². The van der Waals surface area contributed by atoms with E-state index < -0.39 is 5.82 Å². The van der Waals surface area contributed by atoms with Gasteiger partial charge in [-0.25, -0.2) is 14.1 Å². The molecule has 0 aliphatic carbocycles. The number of hydrogen-bond donors (Lipinski definition) is 1. The number of hydrogen-bond acceptors (Lipinski definition) is 5. The Hall–Kier alpha value is -3.23. The van der Waals surface area contributed by atoms with Crippen LogP contribution in [0.1, 0.15) is 31.9 Å². The summed E-state index contributed by atoms with van der Waals surface area (Å²) in [5.41, 5.74) is 3.86. The lowest BCUT2D eigenvalue weighted by molar-refractivity contribution is 0.102. The SMILES string of the molecule is Cc1ccc(OCc2csc(C(=O)Nc3ncn(Cc4ccc(F)cc4Cl)n3)c2)c(C)c1. The molecule has 1 N–H and O–H groups in total. The van der Waals surface area contributed by atoms with Crippen LogP contribution < -0.4 is 10.1 Å². The molecule has 0 saturated carbocycles. The minimum atomic E-state index is -0.403. The van der Waals surface area contributed by atoms with Crippen LogP contribution in [0.5, 0.6) is 5.75 Å². The van der Waals surface area contributed by atoms with E-state index in [9.17, 15) is 9.18 Å². The van der Waals surface area contributed by atoms with Crippen LogP contribution in [0.25, 0.3) is 0 Å². The maximum atomic E-state index is 13.2. The molecule has 0 aliphatic heterocycles. The van der Waals surface area contributed by atoms with Gasteiger partial charge in [0.2, 0.25) is 5.95 Å². The highest BCUT2D eigenvalue weighted by Crippen LogP contribution is 2.22. The summed E-state index contributed by atoms with van der Waals surface area (Å²) in [4.78, 5) is 17.2. The van der Waals surface area contributed by atoms with Crippen LogP contribution in [0.2, 0.25) is 5.02 Å². The molecule has 164 valence electrons. The van der Waals surface area contributed by atoms with E-state index in [2.05, 4.69) is 21.5 Å².